The van der Waals surface area contributed by atoms with Crippen molar-refractivity contribution >= 4 is 12.3 Å². The van der Waals surface area contributed by atoms with Crippen LogP contribution in [0.1, 0.15) is 99.3 Å². The third-order valence-corrected chi connectivity index (χ3v) is 16.9. The number of hydrogen-bond donors (Lipinski definition) is 8. The Morgan fingerprint density at radius 3 is 2.22 bits per heavy atom. The molecule has 0 aromatic heterocycles. The zero-order chi connectivity index (χ0) is 40.3. The van der Waals surface area contributed by atoms with Crippen molar-refractivity contribution in [1.82, 2.24) is 0 Å². The van der Waals surface area contributed by atoms with Gasteiger partial charge in [-0.2, -0.15) is 0 Å². The van der Waals surface area contributed by atoms with Gasteiger partial charge in [0.15, 0.2) is 12.6 Å². The molecule has 8 unspecified atom stereocenters. The van der Waals surface area contributed by atoms with Crippen LogP contribution < -0.4 is 0 Å². The number of fused-ring (bicyclic) bond motifs is 7. The average molecular weight is 781 g/mol. The van der Waals surface area contributed by atoms with Crippen molar-refractivity contribution in [1.29, 1.82) is 0 Å². The van der Waals surface area contributed by atoms with Gasteiger partial charge in [0.2, 0.25) is 0 Å². The molecule has 6 fully saturated rings. The number of aliphatic hydroxyl groups excluding tert-OH is 7. The van der Waals surface area contributed by atoms with Crippen LogP contribution in [0.15, 0.2) is 11.6 Å². The van der Waals surface area contributed by atoms with Gasteiger partial charge in [-0.1, -0.05) is 53.2 Å². The number of aliphatic hydroxyl groups is 7. The van der Waals surface area contributed by atoms with Gasteiger partial charge in [0.05, 0.1) is 30.8 Å². The molecule has 0 spiro atoms. The Kier molecular flexibility index (Phi) is 10.6. The molecular weight excluding hydrogens is 716 g/mol. The molecule has 0 bridgehead atoms. The van der Waals surface area contributed by atoms with Gasteiger partial charge < -0.3 is 64.6 Å². The number of carboxylic acid groups (broad SMARTS) is 1. The second kappa shape index (κ2) is 14.0. The summed E-state index contributed by atoms with van der Waals surface area (Å²) < 4.78 is 23.9. The lowest BCUT2D eigenvalue weighted by Gasteiger charge is -2.71. The van der Waals surface area contributed by atoms with E-state index in [2.05, 4.69) is 40.7 Å². The Labute approximate surface area is 323 Å². The van der Waals surface area contributed by atoms with Crippen molar-refractivity contribution in [2.75, 3.05) is 13.2 Å². The monoisotopic (exact) mass is 780 g/mol. The van der Waals surface area contributed by atoms with Crippen LogP contribution in [0.5, 0.6) is 0 Å². The van der Waals surface area contributed by atoms with Crippen LogP contribution in [0.4, 0.5) is 0 Å². The predicted octanol–water partition coefficient (Wildman–Crippen LogP) is 1.67. The Morgan fingerprint density at radius 1 is 0.855 bits per heavy atom. The minimum atomic E-state index is -1.76. The van der Waals surface area contributed by atoms with Gasteiger partial charge in [-0.25, -0.2) is 0 Å². The maximum atomic E-state index is 13.4. The fourth-order valence-corrected chi connectivity index (χ4v) is 13.3. The van der Waals surface area contributed by atoms with Crippen molar-refractivity contribution in [3.63, 3.8) is 0 Å². The molecule has 14 nitrogen and oxygen atoms in total. The summed E-state index contributed by atoms with van der Waals surface area (Å²) in [5, 5.41) is 85.3. The molecule has 14 heteroatoms. The summed E-state index contributed by atoms with van der Waals surface area (Å²) in [7, 11) is 0. The molecule has 0 radical (unpaired) electrons. The molecule has 2 heterocycles. The molecule has 0 aromatic rings. The SMILES string of the molecule is CC1(C)CC[C@]2(C(=O)O)C(O)C[C@]3(C)C(=CCC4C5(C)CC[C@H](O[C@@H]6OC[C@@H](O)[C@H](O)C6O[C@@H]6OC(CO)[C@H](O)[C@H](O)C6O)[C@](C)(C=O)[C@@H]5CCC43C)C2C1. The largest absolute Gasteiger partial charge is 0.481 e. The minimum Gasteiger partial charge on any atom is -0.481 e. The maximum Gasteiger partial charge on any atom is 0.312 e. The normalized spacial score (nSPS) is 54.8. The van der Waals surface area contributed by atoms with Crippen LogP contribution in [0.3, 0.4) is 0 Å². The molecule has 5 aliphatic carbocycles. The fraction of sp³-hybridized carbons (Fsp3) is 0.902. The predicted molar refractivity (Wildman–Crippen MR) is 194 cm³/mol. The molecule has 8 N–H and O–H groups in total. The lowest BCUT2D eigenvalue weighted by atomic mass is 9.33. The topological polar surface area (TPSA) is 233 Å². The number of rotatable bonds is 7. The quantitative estimate of drug-likeness (QED) is 0.104. The summed E-state index contributed by atoms with van der Waals surface area (Å²) >= 11 is 0. The minimum absolute atomic E-state index is 0.0525. The number of aldehydes is 1. The van der Waals surface area contributed by atoms with Crippen molar-refractivity contribution < 1.29 is 69.4 Å². The van der Waals surface area contributed by atoms with Gasteiger partial charge in [-0.05, 0) is 97.2 Å². The van der Waals surface area contributed by atoms with E-state index in [-0.39, 0.29) is 40.6 Å². The first-order valence-electron chi connectivity index (χ1n) is 20.3. The second-order valence-corrected chi connectivity index (χ2v) is 20.0. The van der Waals surface area contributed by atoms with E-state index >= 15 is 0 Å². The summed E-state index contributed by atoms with van der Waals surface area (Å²) in [6.07, 6.45) is -6.51. The second-order valence-electron chi connectivity index (χ2n) is 20.0. The Hall–Kier alpha value is -1.56. The van der Waals surface area contributed by atoms with E-state index in [0.29, 0.717) is 38.5 Å². The van der Waals surface area contributed by atoms with Crippen molar-refractivity contribution in [2.45, 2.75) is 167 Å². The van der Waals surface area contributed by atoms with E-state index < -0.39 is 96.3 Å². The zero-order valence-electron chi connectivity index (χ0n) is 33.0. The van der Waals surface area contributed by atoms with E-state index in [1.54, 1.807) is 0 Å². The molecule has 312 valence electrons. The van der Waals surface area contributed by atoms with Crippen LogP contribution in [0, 0.1) is 50.2 Å². The van der Waals surface area contributed by atoms with Gasteiger partial charge in [0.25, 0.3) is 0 Å². The Morgan fingerprint density at radius 2 is 1.56 bits per heavy atom. The molecule has 7 rings (SSSR count). The number of aliphatic carboxylic acids is 1. The van der Waals surface area contributed by atoms with E-state index in [9.17, 15) is 50.4 Å². The van der Waals surface area contributed by atoms with E-state index in [1.807, 2.05) is 6.92 Å². The molecule has 7 aliphatic rings. The smallest absolute Gasteiger partial charge is 0.312 e. The number of carboxylic acids is 1. The summed E-state index contributed by atoms with van der Waals surface area (Å²) in [6.45, 7) is 12.2. The summed E-state index contributed by atoms with van der Waals surface area (Å²) in [5.41, 5.74) is -2.16. The molecule has 19 atom stereocenters. The van der Waals surface area contributed by atoms with Gasteiger partial charge in [0, 0.05) is 0 Å². The number of carbonyl (C=O) groups is 2. The van der Waals surface area contributed by atoms with E-state index in [4.69, 9.17) is 18.9 Å². The van der Waals surface area contributed by atoms with Gasteiger partial charge in [0.1, 0.15) is 54.4 Å². The molecular formula is C41H64O14. The molecule has 55 heavy (non-hydrogen) atoms. The van der Waals surface area contributed by atoms with E-state index in [0.717, 1.165) is 25.5 Å². The van der Waals surface area contributed by atoms with Crippen molar-refractivity contribution in [3.05, 3.63) is 11.6 Å². The van der Waals surface area contributed by atoms with Gasteiger partial charge in [-0.3, -0.25) is 4.79 Å². The number of allylic oxidation sites excluding steroid dienone is 2. The molecule has 0 amide bonds. The van der Waals surface area contributed by atoms with Crippen LogP contribution in [-0.2, 0) is 28.5 Å². The first kappa shape index (κ1) is 41.6. The Bertz CT molecular complexity index is 1520. The molecule has 4 saturated carbocycles. The summed E-state index contributed by atoms with van der Waals surface area (Å²) in [4.78, 5) is 26.5. The third kappa shape index (κ3) is 5.97. The number of ether oxygens (including phenoxy) is 4. The lowest BCUT2D eigenvalue weighted by molar-refractivity contribution is -0.366. The fourth-order valence-electron chi connectivity index (χ4n) is 13.3. The summed E-state index contributed by atoms with van der Waals surface area (Å²) in [6, 6.07) is 0. The summed E-state index contributed by atoms with van der Waals surface area (Å²) in [5.74, 6) is -1.18. The van der Waals surface area contributed by atoms with Crippen LogP contribution in [0.2, 0.25) is 0 Å². The average Bonchev–Trinajstić information content (AvgIpc) is 3.12. The standard InChI is InChI=1S/C41H64O14/c1-36(2)13-14-41(35(50)51)21(15-36)20-7-8-25-37(3)11-10-27(38(4,19-43)24(37)9-12-39(25,5)40(20,6)16-26(41)45)54-34-32(28(46)22(44)18-52-34)55-33-31(49)30(48)29(47)23(17-42)53-33/h7,19,21-34,42,44-49H,8-18H2,1-6H3,(H,50,51)/t21?,22-,23?,24-,25?,26?,27+,28+,29+,30+,31?,32?,33+,34+,37?,38-,39?,40-,41-/m1/s1. The highest BCUT2D eigenvalue weighted by Crippen LogP contribution is 2.75. The highest BCUT2D eigenvalue weighted by molar-refractivity contribution is 5.77. The lowest BCUT2D eigenvalue weighted by Crippen LogP contribution is -2.68. The maximum absolute atomic E-state index is 13.4. The number of carbonyl (C=O) groups excluding carboxylic acids is 1. The van der Waals surface area contributed by atoms with Crippen LogP contribution in [0.25, 0.3) is 0 Å². The first-order chi connectivity index (χ1) is 25.6. The number of hydrogen-bond acceptors (Lipinski definition) is 13. The van der Waals surface area contributed by atoms with Gasteiger partial charge >= 0.3 is 5.97 Å². The van der Waals surface area contributed by atoms with Gasteiger partial charge in [-0.15, -0.1) is 0 Å². The van der Waals surface area contributed by atoms with Crippen LogP contribution in [-0.4, -0.2) is 134 Å². The van der Waals surface area contributed by atoms with Crippen LogP contribution >= 0.6 is 0 Å². The molecule has 2 aliphatic heterocycles. The van der Waals surface area contributed by atoms with Crippen molar-refractivity contribution in [2.24, 2.45) is 50.2 Å². The molecule has 2 saturated heterocycles. The van der Waals surface area contributed by atoms with E-state index in [1.165, 1.54) is 5.57 Å². The zero-order valence-corrected chi connectivity index (χ0v) is 33.0. The van der Waals surface area contributed by atoms with Crippen molar-refractivity contribution in [3.8, 4) is 0 Å². The highest BCUT2D eigenvalue weighted by atomic mass is 16.8. The first-order valence-corrected chi connectivity index (χ1v) is 20.3. The molecule has 0 aromatic carbocycles. The Balaban J connectivity index is 1.16. The highest BCUT2D eigenvalue weighted by Gasteiger charge is 2.72. The third-order valence-electron chi connectivity index (χ3n) is 16.9.